The monoisotopic (exact) mass is 145 g/mol. The number of morpholine rings is 1. The van der Waals surface area contributed by atoms with E-state index in [-0.39, 0.29) is 6.61 Å². The van der Waals surface area contributed by atoms with Crippen molar-refractivity contribution in [3.05, 3.63) is 0 Å². The molecule has 0 bridgehead atoms. The molecule has 1 aliphatic heterocycles. The van der Waals surface area contributed by atoms with E-state index in [1.165, 1.54) is 0 Å². The van der Waals surface area contributed by atoms with Crippen LogP contribution >= 0.6 is 0 Å². The second kappa shape index (κ2) is 3.91. The third-order valence-corrected chi connectivity index (χ3v) is 1.75. The minimum Gasteiger partial charge on any atom is -0.396 e. The molecule has 3 nitrogen and oxygen atoms in total. The summed E-state index contributed by atoms with van der Waals surface area (Å²) in [6.07, 6.45) is 1.13. The lowest BCUT2D eigenvalue weighted by Crippen LogP contribution is -2.45. The van der Waals surface area contributed by atoms with Gasteiger partial charge in [0.1, 0.15) is 0 Å². The standard InChI is InChI=1S/C7H15NO2/c1-6-4-8-7(2-3-9)5-10-6/h6-9H,2-5H2,1H3/t6-,7-/m0/s1. The normalized spacial score (nSPS) is 34.2. The maximum absolute atomic E-state index is 8.59. The van der Waals surface area contributed by atoms with E-state index in [1.54, 1.807) is 0 Å². The molecule has 1 saturated heterocycles. The van der Waals surface area contributed by atoms with Gasteiger partial charge in [0.25, 0.3) is 0 Å². The van der Waals surface area contributed by atoms with Gasteiger partial charge in [-0.25, -0.2) is 0 Å². The van der Waals surface area contributed by atoms with E-state index in [1.807, 2.05) is 6.92 Å². The number of hydrogen-bond acceptors (Lipinski definition) is 3. The first kappa shape index (κ1) is 7.98. The van der Waals surface area contributed by atoms with Gasteiger partial charge in [-0.2, -0.15) is 0 Å². The fourth-order valence-corrected chi connectivity index (χ4v) is 1.07. The van der Waals surface area contributed by atoms with Gasteiger partial charge in [0.05, 0.1) is 12.7 Å². The summed E-state index contributed by atoms with van der Waals surface area (Å²) in [5.74, 6) is 0. The molecular formula is C7H15NO2. The number of aliphatic hydroxyl groups is 1. The predicted molar refractivity (Wildman–Crippen MR) is 38.9 cm³/mol. The molecule has 0 radical (unpaired) electrons. The summed E-state index contributed by atoms with van der Waals surface area (Å²) in [6.45, 7) is 3.93. The van der Waals surface area contributed by atoms with Crippen molar-refractivity contribution >= 4 is 0 Å². The van der Waals surface area contributed by atoms with Crippen LogP contribution in [0.2, 0.25) is 0 Å². The highest BCUT2D eigenvalue weighted by Gasteiger charge is 2.16. The third-order valence-electron chi connectivity index (χ3n) is 1.75. The molecule has 2 N–H and O–H groups in total. The van der Waals surface area contributed by atoms with E-state index >= 15 is 0 Å². The Morgan fingerprint density at radius 1 is 1.70 bits per heavy atom. The van der Waals surface area contributed by atoms with E-state index in [9.17, 15) is 0 Å². The molecular weight excluding hydrogens is 130 g/mol. The van der Waals surface area contributed by atoms with Crippen LogP contribution in [0.25, 0.3) is 0 Å². The smallest absolute Gasteiger partial charge is 0.0672 e. The van der Waals surface area contributed by atoms with Crippen molar-refractivity contribution in [3.8, 4) is 0 Å². The highest BCUT2D eigenvalue weighted by atomic mass is 16.5. The fraction of sp³-hybridized carbons (Fsp3) is 1.00. The lowest BCUT2D eigenvalue weighted by molar-refractivity contribution is 0.00995. The number of rotatable bonds is 2. The number of hydrogen-bond donors (Lipinski definition) is 2. The average molecular weight is 145 g/mol. The molecule has 0 spiro atoms. The van der Waals surface area contributed by atoms with Crippen molar-refractivity contribution in [2.24, 2.45) is 0 Å². The van der Waals surface area contributed by atoms with Gasteiger partial charge < -0.3 is 15.2 Å². The molecule has 0 amide bonds. The lowest BCUT2D eigenvalue weighted by Gasteiger charge is -2.27. The van der Waals surface area contributed by atoms with E-state index in [0.29, 0.717) is 12.1 Å². The first-order valence-electron chi connectivity index (χ1n) is 3.78. The number of nitrogens with one attached hydrogen (secondary N) is 1. The number of aliphatic hydroxyl groups excluding tert-OH is 1. The van der Waals surface area contributed by atoms with Crippen LogP contribution < -0.4 is 5.32 Å². The topological polar surface area (TPSA) is 41.5 Å². The van der Waals surface area contributed by atoms with E-state index in [2.05, 4.69) is 5.32 Å². The molecule has 1 fully saturated rings. The molecule has 1 heterocycles. The summed E-state index contributed by atoms with van der Waals surface area (Å²) in [5.41, 5.74) is 0. The Morgan fingerprint density at radius 3 is 3.00 bits per heavy atom. The Kier molecular flexibility index (Phi) is 3.12. The van der Waals surface area contributed by atoms with E-state index < -0.39 is 0 Å². The van der Waals surface area contributed by atoms with Crippen molar-refractivity contribution in [1.82, 2.24) is 5.32 Å². The Balaban J connectivity index is 2.13. The minimum absolute atomic E-state index is 0.245. The van der Waals surface area contributed by atoms with Gasteiger partial charge in [-0.3, -0.25) is 0 Å². The minimum atomic E-state index is 0.245. The Morgan fingerprint density at radius 2 is 2.50 bits per heavy atom. The zero-order valence-electron chi connectivity index (χ0n) is 6.34. The Bertz CT molecular complexity index is 89.6. The largest absolute Gasteiger partial charge is 0.396 e. The van der Waals surface area contributed by atoms with Crippen LogP contribution in [0.15, 0.2) is 0 Å². The van der Waals surface area contributed by atoms with Crippen LogP contribution in [-0.4, -0.2) is 37.0 Å². The van der Waals surface area contributed by atoms with Crippen LogP contribution in [0.5, 0.6) is 0 Å². The summed E-state index contributed by atoms with van der Waals surface area (Å²) in [6, 6.07) is 0.362. The van der Waals surface area contributed by atoms with Crippen molar-refractivity contribution in [2.45, 2.75) is 25.5 Å². The highest BCUT2D eigenvalue weighted by molar-refractivity contribution is 4.72. The Hall–Kier alpha value is -0.120. The molecule has 2 atom stereocenters. The van der Waals surface area contributed by atoms with Crippen LogP contribution in [0.1, 0.15) is 13.3 Å². The molecule has 3 heteroatoms. The quantitative estimate of drug-likeness (QED) is 0.563. The zero-order chi connectivity index (χ0) is 7.40. The average Bonchev–Trinajstić information content (AvgIpc) is 1.95. The predicted octanol–water partition coefficient (Wildman–Crippen LogP) is -0.254. The summed E-state index contributed by atoms with van der Waals surface area (Å²) >= 11 is 0. The highest BCUT2D eigenvalue weighted by Crippen LogP contribution is 2.02. The van der Waals surface area contributed by atoms with Crippen molar-refractivity contribution < 1.29 is 9.84 Å². The SMILES string of the molecule is C[C@H]1CN[C@@H](CCO)CO1. The molecule has 0 aromatic heterocycles. The Labute approximate surface area is 61.4 Å². The lowest BCUT2D eigenvalue weighted by atomic mass is 10.2. The third kappa shape index (κ3) is 2.25. The van der Waals surface area contributed by atoms with Gasteiger partial charge in [0.2, 0.25) is 0 Å². The second-order valence-corrected chi connectivity index (χ2v) is 2.76. The summed E-state index contributed by atoms with van der Waals surface area (Å²) in [7, 11) is 0. The van der Waals surface area contributed by atoms with Crippen LogP contribution in [0, 0.1) is 0 Å². The summed E-state index contributed by atoms with van der Waals surface area (Å²) in [5, 5.41) is 11.9. The van der Waals surface area contributed by atoms with Crippen molar-refractivity contribution in [2.75, 3.05) is 19.8 Å². The molecule has 60 valence electrons. The maximum atomic E-state index is 8.59. The van der Waals surface area contributed by atoms with E-state index in [4.69, 9.17) is 9.84 Å². The van der Waals surface area contributed by atoms with Gasteiger partial charge in [-0.05, 0) is 13.3 Å². The van der Waals surface area contributed by atoms with Crippen molar-refractivity contribution in [1.29, 1.82) is 0 Å². The summed E-state index contributed by atoms with van der Waals surface area (Å²) in [4.78, 5) is 0. The first-order valence-corrected chi connectivity index (χ1v) is 3.78. The molecule has 0 aromatic rings. The molecule has 0 aliphatic carbocycles. The van der Waals surface area contributed by atoms with Gasteiger partial charge in [-0.15, -0.1) is 0 Å². The van der Waals surface area contributed by atoms with Crippen LogP contribution in [0.3, 0.4) is 0 Å². The van der Waals surface area contributed by atoms with Gasteiger partial charge >= 0.3 is 0 Å². The molecule has 0 unspecified atom stereocenters. The van der Waals surface area contributed by atoms with E-state index in [0.717, 1.165) is 19.6 Å². The van der Waals surface area contributed by atoms with Crippen molar-refractivity contribution in [3.63, 3.8) is 0 Å². The molecule has 10 heavy (non-hydrogen) atoms. The molecule has 1 rings (SSSR count). The first-order chi connectivity index (χ1) is 4.83. The molecule has 1 aliphatic rings. The summed E-state index contributed by atoms with van der Waals surface area (Å²) < 4.78 is 5.37. The molecule has 0 saturated carbocycles. The maximum Gasteiger partial charge on any atom is 0.0672 e. The van der Waals surface area contributed by atoms with Crippen LogP contribution in [-0.2, 0) is 4.74 Å². The zero-order valence-corrected chi connectivity index (χ0v) is 6.34. The van der Waals surface area contributed by atoms with Gasteiger partial charge in [-0.1, -0.05) is 0 Å². The fourth-order valence-electron chi connectivity index (χ4n) is 1.07. The second-order valence-electron chi connectivity index (χ2n) is 2.76. The van der Waals surface area contributed by atoms with Crippen LogP contribution in [0.4, 0.5) is 0 Å². The van der Waals surface area contributed by atoms with Gasteiger partial charge in [0.15, 0.2) is 0 Å². The van der Waals surface area contributed by atoms with Gasteiger partial charge in [0, 0.05) is 19.2 Å². The molecule has 0 aromatic carbocycles. The number of ether oxygens (including phenoxy) is 1.